The Kier molecular flexibility index (Phi) is 4.45. The van der Waals surface area contributed by atoms with Gasteiger partial charge in [-0.2, -0.15) is 4.98 Å². The van der Waals surface area contributed by atoms with Gasteiger partial charge in [0.2, 0.25) is 5.82 Å². The molecule has 1 fully saturated rings. The van der Waals surface area contributed by atoms with Crippen molar-refractivity contribution >= 4 is 40.6 Å². The quantitative estimate of drug-likeness (QED) is 0.658. The number of aromatic nitrogens is 2. The number of nitrogens with zero attached hydrogens (tertiary/aromatic N) is 3. The minimum absolute atomic E-state index is 0.0229. The van der Waals surface area contributed by atoms with Crippen LogP contribution in [0, 0.1) is 0 Å². The number of benzene rings is 1. The molecular formula is C16H13Cl2N3O2S. The molecule has 1 atom stereocenters. The van der Waals surface area contributed by atoms with Crippen LogP contribution < -0.4 is 4.90 Å². The summed E-state index contributed by atoms with van der Waals surface area (Å²) in [4.78, 5) is 7.71. The van der Waals surface area contributed by atoms with E-state index in [4.69, 9.17) is 32.5 Å². The lowest BCUT2D eigenvalue weighted by atomic mass is 10.2. The van der Waals surface area contributed by atoms with E-state index < -0.39 is 0 Å². The first-order valence-electron chi connectivity index (χ1n) is 7.39. The van der Waals surface area contributed by atoms with Gasteiger partial charge < -0.3 is 14.2 Å². The molecule has 124 valence electrons. The van der Waals surface area contributed by atoms with Crippen molar-refractivity contribution in [2.24, 2.45) is 0 Å². The molecule has 0 radical (unpaired) electrons. The molecule has 3 heterocycles. The fourth-order valence-corrected chi connectivity index (χ4v) is 3.91. The molecule has 0 N–H and O–H groups in total. The molecule has 4 rings (SSSR count). The van der Waals surface area contributed by atoms with Gasteiger partial charge in [0.05, 0.1) is 13.2 Å². The summed E-state index contributed by atoms with van der Waals surface area (Å²) in [6, 6.07) is 9.76. The third-order valence-electron chi connectivity index (χ3n) is 3.73. The lowest BCUT2D eigenvalue weighted by molar-refractivity contribution is 0.0399. The number of anilines is 1. The third-order valence-corrected chi connectivity index (χ3v) is 5.13. The molecule has 2 aromatic heterocycles. The molecule has 1 aromatic carbocycles. The van der Waals surface area contributed by atoms with E-state index in [1.807, 2.05) is 16.3 Å². The van der Waals surface area contributed by atoms with Gasteiger partial charge in [0.25, 0.3) is 0 Å². The van der Waals surface area contributed by atoms with Gasteiger partial charge in [-0.1, -0.05) is 34.4 Å². The number of thiophene rings is 1. The SMILES string of the molecule is Clc1cc(Cl)cc(-c2noc(N3CCOC(c4cccs4)C3)n2)c1. The van der Waals surface area contributed by atoms with Gasteiger partial charge in [-0.25, -0.2) is 0 Å². The first-order chi connectivity index (χ1) is 11.7. The fraction of sp³-hybridized carbons (Fsp3) is 0.250. The van der Waals surface area contributed by atoms with E-state index in [-0.39, 0.29) is 6.10 Å². The third kappa shape index (κ3) is 3.28. The topological polar surface area (TPSA) is 51.4 Å². The van der Waals surface area contributed by atoms with E-state index in [1.165, 1.54) is 4.88 Å². The predicted octanol–water partition coefficient (Wildman–Crippen LogP) is 4.68. The highest BCUT2D eigenvalue weighted by Gasteiger charge is 2.26. The summed E-state index contributed by atoms with van der Waals surface area (Å²) in [6.45, 7) is 2.00. The smallest absolute Gasteiger partial charge is 0.324 e. The van der Waals surface area contributed by atoms with Gasteiger partial charge in [0.1, 0.15) is 6.10 Å². The lowest BCUT2D eigenvalue weighted by Crippen LogP contribution is -2.38. The summed E-state index contributed by atoms with van der Waals surface area (Å²) in [5.74, 6) is 0.466. The Bertz CT molecular complexity index is 817. The Hall–Kier alpha value is -1.60. The maximum Gasteiger partial charge on any atom is 0.324 e. The molecule has 0 amide bonds. The highest BCUT2D eigenvalue weighted by Crippen LogP contribution is 2.30. The standard InChI is InChI=1S/C16H13Cl2N3O2S/c17-11-6-10(7-12(18)8-11)15-19-16(23-20-15)21-3-4-22-13(9-21)14-2-1-5-24-14/h1-2,5-8,13H,3-4,9H2. The number of morpholine rings is 1. The Balaban J connectivity index is 1.56. The number of halogens is 2. The van der Waals surface area contributed by atoms with Crippen molar-refractivity contribution in [1.29, 1.82) is 0 Å². The Morgan fingerprint density at radius 3 is 2.79 bits per heavy atom. The predicted molar refractivity (Wildman–Crippen MR) is 95.0 cm³/mol. The van der Waals surface area contributed by atoms with Crippen molar-refractivity contribution in [3.05, 3.63) is 50.6 Å². The Morgan fingerprint density at radius 1 is 1.21 bits per heavy atom. The number of rotatable bonds is 3. The minimum atomic E-state index is 0.0229. The van der Waals surface area contributed by atoms with Crippen LogP contribution in [0.15, 0.2) is 40.2 Å². The van der Waals surface area contributed by atoms with Crippen LogP contribution in [0.5, 0.6) is 0 Å². The Morgan fingerprint density at radius 2 is 2.04 bits per heavy atom. The van der Waals surface area contributed by atoms with Crippen LogP contribution in [-0.2, 0) is 4.74 Å². The normalized spacial score (nSPS) is 18.1. The van der Waals surface area contributed by atoms with E-state index in [0.717, 1.165) is 5.56 Å². The van der Waals surface area contributed by atoms with E-state index in [9.17, 15) is 0 Å². The van der Waals surface area contributed by atoms with Crippen molar-refractivity contribution < 1.29 is 9.26 Å². The molecular weight excluding hydrogens is 369 g/mol. The number of ether oxygens (including phenoxy) is 1. The molecule has 1 aliphatic heterocycles. The highest BCUT2D eigenvalue weighted by molar-refractivity contribution is 7.10. The van der Waals surface area contributed by atoms with Gasteiger partial charge in [-0.3, -0.25) is 0 Å². The van der Waals surface area contributed by atoms with E-state index in [0.29, 0.717) is 41.6 Å². The van der Waals surface area contributed by atoms with Crippen LogP contribution in [0.4, 0.5) is 6.01 Å². The average Bonchev–Trinajstić information content (AvgIpc) is 3.26. The fourth-order valence-electron chi connectivity index (χ4n) is 2.61. The van der Waals surface area contributed by atoms with Crippen molar-refractivity contribution in [2.75, 3.05) is 24.6 Å². The summed E-state index contributed by atoms with van der Waals surface area (Å²) < 4.78 is 11.3. The molecule has 8 heteroatoms. The molecule has 1 unspecified atom stereocenters. The molecule has 0 aliphatic carbocycles. The van der Waals surface area contributed by atoms with Crippen LogP contribution >= 0.6 is 34.5 Å². The minimum Gasteiger partial charge on any atom is -0.369 e. The van der Waals surface area contributed by atoms with Gasteiger partial charge in [-0.05, 0) is 29.6 Å². The van der Waals surface area contributed by atoms with Crippen LogP contribution in [0.2, 0.25) is 10.0 Å². The van der Waals surface area contributed by atoms with Crippen molar-refractivity contribution in [3.8, 4) is 11.4 Å². The zero-order valence-corrected chi connectivity index (χ0v) is 14.8. The van der Waals surface area contributed by atoms with E-state index in [2.05, 4.69) is 16.2 Å². The Labute approximate surface area is 152 Å². The maximum atomic E-state index is 6.04. The van der Waals surface area contributed by atoms with Crippen molar-refractivity contribution in [3.63, 3.8) is 0 Å². The lowest BCUT2D eigenvalue weighted by Gasteiger charge is -2.30. The largest absolute Gasteiger partial charge is 0.369 e. The molecule has 0 bridgehead atoms. The maximum absolute atomic E-state index is 6.04. The van der Waals surface area contributed by atoms with Crippen LogP contribution in [-0.4, -0.2) is 29.8 Å². The second-order valence-corrected chi connectivity index (χ2v) is 7.23. The number of hydrogen-bond acceptors (Lipinski definition) is 6. The first-order valence-corrected chi connectivity index (χ1v) is 9.03. The van der Waals surface area contributed by atoms with Crippen LogP contribution in [0.3, 0.4) is 0 Å². The van der Waals surface area contributed by atoms with Crippen LogP contribution in [0.1, 0.15) is 11.0 Å². The highest BCUT2D eigenvalue weighted by atomic mass is 35.5. The molecule has 1 saturated heterocycles. The van der Waals surface area contributed by atoms with Crippen molar-refractivity contribution in [1.82, 2.24) is 10.1 Å². The summed E-state index contributed by atoms with van der Waals surface area (Å²) in [5.41, 5.74) is 0.727. The molecule has 1 aliphatic rings. The molecule has 0 saturated carbocycles. The second-order valence-electron chi connectivity index (χ2n) is 5.38. The first kappa shape index (κ1) is 15.9. The molecule has 3 aromatic rings. The summed E-state index contributed by atoms with van der Waals surface area (Å²) in [7, 11) is 0. The van der Waals surface area contributed by atoms with Crippen molar-refractivity contribution in [2.45, 2.75) is 6.10 Å². The van der Waals surface area contributed by atoms with E-state index in [1.54, 1.807) is 29.5 Å². The zero-order chi connectivity index (χ0) is 16.5. The van der Waals surface area contributed by atoms with Crippen LogP contribution in [0.25, 0.3) is 11.4 Å². The molecule has 5 nitrogen and oxygen atoms in total. The average molecular weight is 382 g/mol. The zero-order valence-electron chi connectivity index (χ0n) is 12.5. The second kappa shape index (κ2) is 6.72. The summed E-state index contributed by atoms with van der Waals surface area (Å²) in [6.07, 6.45) is 0.0229. The molecule has 24 heavy (non-hydrogen) atoms. The van der Waals surface area contributed by atoms with Gasteiger partial charge in [0, 0.05) is 27.0 Å². The summed E-state index contributed by atoms with van der Waals surface area (Å²) >= 11 is 13.8. The molecule has 0 spiro atoms. The summed E-state index contributed by atoms with van der Waals surface area (Å²) in [5, 5.41) is 7.17. The van der Waals surface area contributed by atoms with Gasteiger partial charge in [-0.15, -0.1) is 11.3 Å². The van der Waals surface area contributed by atoms with Gasteiger partial charge in [0.15, 0.2) is 0 Å². The monoisotopic (exact) mass is 381 g/mol. The van der Waals surface area contributed by atoms with Gasteiger partial charge >= 0.3 is 6.01 Å². The number of hydrogen-bond donors (Lipinski definition) is 0. The van der Waals surface area contributed by atoms with E-state index >= 15 is 0 Å².